The van der Waals surface area contributed by atoms with Crippen molar-refractivity contribution in [3.05, 3.63) is 90.0 Å². The quantitative estimate of drug-likeness (QED) is 0.658. The molecule has 8 heteroatoms. The van der Waals surface area contributed by atoms with Gasteiger partial charge in [0.05, 0.1) is 16.3 Å². The van der Waals surface area contributed by atoms with Crippen LogP contribution in [-0.2, 0) is 14.8 Å². The highest BCUT2D eigenvalue weighted by atomic mass is 32.2. The number of para-hydroxylation sites is 2. The van der Waals surface area contributed by atoms with Gasteiger partial charge in [0, 0.05) is 0 Å². The molecule has 0 aliphatic heterocycles. The lowest BCUT2D eigenvalue weighted by atomic mass is 10.2. The summed E-state index contributed by atoms with van der Waals surface area (Å²) in [6.45, 7) is 1.07. The van der Waals surface area contributed by atoms with E-state index in [2.05, 4.69) is 5.32 Å². The summed E-state index contributed by atoms with van der Waals surface area (Å²) in [5.74, 6) is -2.28. The van der Waals surface area contributed by atoms with Crippen LogP contribution in [0.2, 0.25) is 0 Å². The summed E-state index contributed by atoms with van der Waals surface area (Å²) in [4.78, 5) is 12.4. The van der Waals surface area contributed by atoms with Gasteiger partial charge in [0.15, 0.2) is 0 Å². The molecule has 3 rings (SSSR count). The third-order valence-corrected chi connectivity index (χ3v) is 5.94. The smallest absolute Gasteiger partial charge is 0.264 e. The van der Waals surface area contributed by atoms with Crippen molar-refractivity contribution in [1.82, 2.24) is 0 Å². The van der Waals surface area contributed by atoms with Crippen molar-refractivity contribution >= 4 is 27.3 Å². The third kappa shape index (κ3) is 4.60. The fraction of sp³-hybridized carbons (Fsp3) is 0.0952. The first-order valence-electron chi connectivity index (χ1n) is 8.67. The summed E-state index contributed by atoms with van der Waals surface area (Å²) < 4.78 is 55.2. The lowest BCUT2D eigenvalue weighted by Gasteiger charge is -2.24. The number of amides is 1. The van der Waals surface area contributed by atoms with Crippen molar-refractivity contribution < 1.29 is 22.0 Å². The summed E-state index contributed by atoms with van der Waals surface area (Å²) in [6, 6.07) is 16.7. The summed E-state index contributed by atoms with van der Waals surface area (Å²) in [7, 11) is -4.25. The van der Waals surface area contributed by atoms with Crippen LogP contribution in [0.25, 0.3) is 0 Å². The van der Waals surface area contributed by atoms with Gasteiger partial charge in [0.25, 0.3) is 10.0 Å². The van der Waals surface area contributed by atoms with Crippen LogP contribution < -0.4 is 9.62 Å². The number of sulfonamides is 1. The molecule has 0 radical (unpaired) electrons. The number of nitrogens with zero attached hydrogens (tertiary/aromatic N) is 1. The predicted molar refractivity (Wildman–Crippen MR) is 107 cm³/mol. The van der Waals surface area contributed by atoms with Crippen LogP contribution in [0.1, 0.15) is 5.56 Å². The second-order valence-corrected chi connectivity index (χ2v) is 8.17. The standard InChI is InChI=1S/C21H18F2N2O3S/c1-15-10-12-16(13-11-15)29(27,28)25(20-9-5-3-7-18(20)23)14-21(26)24-19-8-4-2-6-17(19)22/h2-13H,14H2,1H3,(H,24,26). The van der Waals surface area contributed by atoms with E-state index in [4.69, 9.17) is 0 Å². The van der Waals surface area contributed by atoms with Gasteiger partial charge in [-0.2, -0.15) is 0 Å². The molecule has 5 nitrogen and oxygen atoms in total. The van der Waals surface area contributed by atoms with Gasteiger partial charge in [-0.3, -0.25) is 9.10 Å². The Hall–Kier alpha value is -3.26. The molecule has 0 unspecified atom stereocenters. The Balaban J connectivity index is 1.98. The Morgan fingerprint density at radius 3 is 2.10 bits per heavy atom. The normalized spacial score (nSPS) is 11.1. The number of rotatable bonds is 6. The highest BCUT2D eigenvalue weighted by Gasteiger charge is 2.29. The zero-order valence-corrected chi connectivity index (χ0v) is 16.3. The molecule has 0 aromatic heterocycles. The van der Waals surface area contributed by atoms with E-state index in [-0.39, 0.29) is 16.3 Å². The summed E-state index contributed by atoms with van der Waals surface area (Å²) in [6.07, 6.45) is 0. The van der Waals surface area contributed by atoms with E-state index in [1.807, 2.05) is 0 Å². The second kappa shape index (κ2) is 8.40. The van der Waals surface area contributed by atoms with Crippen LogP contribution in [0.3, 0.4) is 0 Å². The van der Waals surface area contributed by atoms with Crippen LogP contribution in [0, 0.1) is 18.6 Å². The monoisotopic (exact) mass is 416 g/mol. The van der Waals surface area contributed by atoms with E-state index in [0.717, 1.165) is 17.7 Å². The maximum absolute atomic E-state index is 14.4. The first-order valence-corrected chi connectivity index (χ1v) is 10.1. The van der Waals surface area contributed by atoms with E-state index >= 15 is 0 Å². The zero-order valence-electron chi connectivity index (χ0n) is 15.5. The number of hydrogen-bond donors (Lipinski definition) is 1. The number of carbonyl (C=O) groups is 1. The van der Waals surface area contributed by atoms with Gasteiger partial charge in [0.2, 0.25) is 5.91 Å². The van der Waals surface area contributed by atoms with Crippen LogP contribution in [0.4, 0.5) is 20.2 Å². The Kier molecular flexibility index (Phi) is 5.93. The van der Waals surface area contributed by atoms with E-state index in [1.54, 1.807) is 19.1 Å². The van der Waals surface area contributed by atoms with Gasteiger partial charge >= 0.3 is 0 Å². The topological polar surface area (TPSA) is 66.5 Å². The highest BCUT2D eigenvalue weighted by Crippen LogP contribution is 2.26. The maximum Gasteiger partial charge on any atom is 0.264 e. The lowest BCUT2D eigenvalue weighted by Crippen LogP contribution is -2.38. The molecule has 0 heterocycles. The minimum atomic E-state index is -4.25. The van der Waals surface area contributed by atoms with Crippen LogP contribution >= 0.6 is 0 Å². The van der Waals surface area contributed by atoms with E-state index in [1.165, 1.54) is 48.5 Å². The van der Waals surface area contributed by atoms with Crippen LogP contribution in [0.15, 0.2) is 77.7 Å². The fourth-order valence-corrected chi connectivity index (χ4v) is 4.10. The SMILES string of the molecule is Cc1ccc(S(=O)(=O)N(CC(=O)Nc2ccccc2F)c2ccccc2F)cc1. The average molecular weight is 416 g/mol. The van der Waals surface area contributed by atoms with Gasteiger partial charge in [-0.15, -0.1) is 0 Å². The van der Waals surface area contributed by atoms with Gasteiger partial charge < -0.3 is 5.32 Å². The molecule has 150 valence electrons. The molecule has 0 bridgehead atoms. The van der Waals surface area contributed by atoms with Gasteiger partial charge in [-0.05, 0) is 43.3 Å². The van der Waals surface area contributed by atoms with Gasteiger partial charge in [-0.25, -0.2) is 17.2 Å². The van der Waals surface area contributed by atoms with Crippen molar-refractivity contribution in [2.45, 2.75) is 11.8 Å². The number of hydrogen-bond acceptors (Lipinski definition) is 3. The molecule has 1 N–H and O–H groups in total. The summed E-state index contributed by atoms with van der Waals surface area (Å²) in [5, 5.41) is 2.32. The van der Waals surface area contributed by atoms with E-state index in [0.29, 0.717) is 4.31 Å². The number of nitrogens with one attached hydrogen (secondary N) is 1. The van der Waals surface area contributed by atoms with Crippen LogP contribution in [-0.4, -0.2) is 20.9 Å². The second-order valence-electron chi connectivity index (χ2n) is 6.30. The lowest BCUT2D eigenvalue weighted by molar-refractivity contribution is -0.114. The molecule has 3 aromatic rings. The van der Waals surface area contributed by atoms with Crippen molar-refractivity contribution in [2.75, 3.05) is 16.2 Å². The van der Waals surface area contributed by atoms with Gasteiger partial charge in [-0.1, -0.05) is 42.0 Å². The Bertz CT molecular complexity index is 1130. The molecular weight excluding hydrogens is 398 g/mol. The van der Waals surface area contributed by atoms with Crippen molar-refractivity contribution in [3.8, 4) is 0 Å². The van der Waals surface area contributed by atoms with E-state index in [9.17, 15) is 22.0 Å². The Morgan fingerprint density at radius 2 is 1.48 bits per heavy atom. The molecule has 0 aliphatic carbocycles. The van der Waals surface area contributed by atoms with Gasteiger partial charge in [0.1, 0.15) is 18.2 Å². The molecule has 0 saturated carbocycles. The summed E-state index contributed by atoms with van der Waals surface area (Å²) in [5.41, 5.74) is 0.467. The Labute approximate surface area is 167 Å². The van der Waals surface area contributed by atoms with E-state index < -0.39 is 34.1 Å². The molecule has 1 amide bonds. The third-order valence-electron chi connectivity index (χ3n) is 4.17. The number of benzene rings is 3. The molecule has 0 aliphatic rings. The zero-order chi connectivity index (χ0) is 21.0. The molecular formula is C21H18F2N2O3S. The molecule has 0 saturated heterocycles. The number of anilines is 2. The first kappa shape index (κ1) is 20.5. The maximum atomic E-state index is 14.4. The number of halogens is 2. The highest BCUT2D eigenvalue weighted by molar-refractivity contribution is 7.92. The predicted octanol–water partition coefficient (Wildman–Crippen LogP) is 4.11. The van der Waals surface area contributed by atoms with Crippen molar-refractivity contribution in [3.63, 3.8) is 0 Å². The molecule has 29 heavy (non-hydrogen) atoms. The first-order chi connectivity index (χ1) is 13.8. The minimum Gasteiger partial charge on any atom is -0.322 e. The average Bonchev–Trinajstić information content (AvgIpc) is 2.69. The molecule has 0 spiro atoms. The molecule has 0 atom stereocenters. The fourth-order valence-electron chi connectivity index (χ4n) is 2.67. The molecule has 0 fully saturated rings. The Morgan fingerprint density at radius 1 is 0.897 bits per heavy atom. The summed E-state index contributed by atoms with van der Waals surface area (Å²) >= 11 is 0. The number of carbonyl (C=O) groups excluding carboxylic acids is 1. The molecule has 3 aromatic carbocycles. The van der Waals surface area contributed by atoms with Crippen molar-refractivity contribution in [1.29, 1.82) is 0 Å². The van der Waals surface area contributed by atoms with Crippen molar-refractivity contribution in [2.24, 2.45) is 0 Å². The van der Waals surface area contributed by atoms with Crippen LogP contribution in [0.5, 0.6) is 0 Å². The minimum absolute atomic E-state index is 0.0926. The largest absolute Gasteiger partial charge is 0.322 e. The number of aryl methyl sites for hydroxylation is 1.